The van der Waals surface area contributed by atoms with Crippen LogP contribution in [-0.2, 0) is 6.54 Å². The van der Waals surface area contributed by atoms with Crippen LogP contribution in [0.1, 0.15) is 5.56 Å². The van der Waals surface area contributed by atoms with Crippen molar-refractivity contribution in [2.75, 3.05) is 13.6 Å². The van der Waals surface area contributed by atoms with Gasteiger partial charge in [0.15, 0.2) is 0 Å². The number of nitrogens with one attached hydrogen (secondary N) is 1. The van der Waals surface area contributed by atoms with E-state index in [2.05, 4.69) is 16.9 Å². The highest BCUT2D eigenvalue weighted by atomic mass is 16.1. The van der Waals surface area contributed by atoms with Gasteiger partial charge in [-0.05, 0) is 25.1 Å². The van der Waals surface area contributed by atoms with Gasteiger partial charge in [0.1, 0.15) is 0 Å². The summed E-state index contributed by atoms with van der Waals surface area (Å²) in [7, 11) is 1.85. The van der Waals surface area contributed by atoms with Crippen molar-refractivity contribution in [2.24, 2.45) is 0 Å². The molecule has 0 saturated heterocycles. The molecule has 4 nitrogen and oxygen atoms in total. The second-order valence-corrected chi connectivity index (χ2v) is 3.32. The van der Waals surface area contributed by atoms with Crippen molar-refractivity contribution in [1.82, 2.24) is 14.9 Å². The van der Waals surface area contributed by atoms with E-state index in [-0.39, 0.29) is 5.69 Å². The lowest BCUT2D eigenvalue weighted by Crippen LogP contribution is -2.25. The molecule has 0 aromatic carbocycles. The summed E-state index contributed by atoms with van der Waals surface area (Å²) in [6.45, 7) is 7.00. The Kier molecular flexibility index (Phi) is 3.59. The van der Waals surface area contributed by atoms with Gasteiger partial charge in [0, 0.05) is 25.5 Å². The lowest BCUT2D eigenvalue weighted by molar-refractivity contribution is 0.685. The SMILES string of the molecule is C=C(CNC)Cn1cc(C)cnc1=O. The fraction of sp³-hybridized carbons (Fsp3) is 0.400. The molecule has 4 heteroatoms. The number of hydrogen-bond donors (Lipinski definition) is 1. The van der Waals surface area contributed by atoms with Crippen LogP contribution in [-0.4, -0.2) is 23.1 Å². The summed E-state index contributed by atoms with van der Waals surface area (Å²) in [5, 5.41) is 2.99. The minimum atomic E-state index is -0.229. The topological polar surface area (TPSA) is 46.9 Å². The van der Waals surface area contributed by atoms with Crippen LogP contribution in [0.4, 0.5) is 0 Å². The van der Waals surface area contributed by atoms with Crippen LogP contribution < -0.4 is 11.0 Å². The van der Waals surface area contributed by atoms with Crippen LogP contribution >= 0.6 is 0 Å². The molecule has 1 rings (SSSR count). The zero-order valence-electron chi connectivity index (χ0n) is 8.58. The standard InChI is InChI=1S/C10H15N3O/c1-8(4-11-3)6-13-7-9(2)5-12-10(13)14/h5,7,11H,1,4,6H2,2-3H3. The molecule has 0 bridgehead atoms. The molecule has 1 aromatic heterocycles. The molecule has 0 spiro atoms. The zero-order chi connectivity index (χ0) is 10.6. The Labute approximate surface area is 83.3 Å². The van der Waals surface area contributed by atoms with Crippen LogP contribution in [0.2, 0.25) is 0 Å². The maximum absolute atomic E-state index is 11.3. The van der Waals surface area contributed by atoms with Gasteiger partial charge < -0.3 is 5.32 Å². The molecule has 0 amide bonds. The Morgan fingerprint density at radius 2 is 2.43 bits per heavy atom. The molecule has 0 aliphatic heterocycles. The second-order valence-electron chi connectivity index (χ2n) is 3.32. The lowest BCUT2D eigenvalue weighted by Gasteiger charge is -2.07. The first kappa shape index (κ1) is 10.7. The smallest absolute Gasteiger partial charge is 0.316 e. The average molecular weight is 193 g/mol. The Hall–Kier alpha value is -1.42. The van der Waals surface area contributed by atoms with Crippen LogP contribution in [0.5, 0.6) is 0 Å². The summed E-state index contributed by atoms with van der Waals surface area (Å²) in [4.78, 5) is 15.0. The molecule has 0 saturated carbocycles. The van der Waals surface area contributed by atoms with Gasteiger partial charge in [0.05, 0.1) is 0 Å². The van der Waals surface area contributed by atoms with Crippen molar-refractivity contribution in [3.05, 3.63) is 40.6 Å². The molecule has 0 aliphatic rings. The average Bonchev–Trinajstić information content (AvgIpc) is 2.12. The third-order valence-electron chi connectivity index (χ3n) is 1.80. The first-order valence-corrected chi connectivity index (χ1v) is 4.48. The summed E-state index contributed by atoms with van der Waals surface area (Å²) in [6.07, 6.45) is 3.36. The van der Waals surface area contributed by atoms with Crippen LogP contribution in [0.25, 0.3) is 0 Å². The Balaban J connectivity index is 2.81. The molecule has 0 aliphatic carbocycles. The number of nitrogens with zero attached hydrogens (tertiary/aromatic N) is 2. The van der Waals surface area contributed by atoms with Crippen LogP contribution in [0.3, 0.4) is 0 Å². The van der Waals surface area contributed by atoms with E-state index in [1.807, 2.05) is 14.0 Å². The van der Waals surface area contributed by atoms with Gasteiger partial charge in [-0.1, -0.05) is 6.58 Å². The third kappa shape index (κ3) is 2.81. The minimum Gasteiger partial charge on any atom is -0.316 e. The molecule has 1 aromatic rings. The van der Waals surface area contributed by atoms with Gasteiger partial charge in [0.25, 0.3) is 0 Å². The van der Waals surface area contributed by atoms with Gasteiger partial charge >= 0.3 is 5.69 Å². The van der Waals surface area contributed by atoms with Crippen LogP contribution in [0, 0.1) is 6.92 Å². The van der Waals surface area contributed by atoms with Crippen LogP contribution in [0.15, 0.2) is 29.3 Å². The summed E-state index contributed by atoms with van der Waals surface area (Å²) in [5.41, 5.74) is 1.71. The molecule has 14 heavy (non-hydrogen) atoms. The number of aromatic nitrogens is 2. The molecular weight excluding hydrogens is 178 g/mol. The summed E-state index contributed by atoms with van der Waals surface area (Å²) >= 11 is 0. The molecule has 0 fully saturated rings. The Bertz CT molecular complexity index is 381. The highest BCUT2D eigenvalue weighted by Crippen LogP contribution is 1.95. The summed E-state index contributed by atoms with van der Waals surface area (Å²) in [5.74, 6) is 0. The Morgan fingerprint density at radius 1 is 1.71 bits per heavy atom. The second kappa shape index (κ2) is 4.72. The molecule has 0 atom stereocenters. The van der Waals surface area contributed by atoms with E-state index in [1.165, 1.54) is 0 Å². The van der Waals surface area contributed by atoms with Gasteiger partial charge in [-0.15, -0.1) is 0 Å². The van der Waals surface area contributed by atoms with E-state index in [0.717, 1.165) is 11.1 Å². The highest BCUT2D eigenvalue weighted by Gasteiger charge is 1.99. The maximum Gasteiger partial charge on any atom is 0.347 e. The van der Waals surface area contributed by atoms with E-state index in [4.69, 9.17) is 0 Å². The summed E-state index contributed by atoms with van der Waals surface area (Å²) in [6, 6.07) is 0. The van der Waals surface area contributed by atoms with E-state index in [0.29, 0.717) is 13.1 Å². The van der Waals surface area contributed by atoms with Gasteiger partial charge in [-0.2, -0.15) is 0 Å². The van der Waals surface area contributed by atoms with E-state index in [9.17, 15) is 4.79 Å². The fourth-order valence-electron chi connectivity index (χ4n) is 1.23. The predicted octanol–water partition coefficient (Wildman–Crippen LogP) is 0.327. The van der Waals surface area contributed by atoms with Crippen molar-refractivity contribution in [3.63, 3.8) is 0 Å². The van der Waals surface area contributed by atoms with Gasteiger partial charge in [0.2, 0.25) is 0 Å². The Morgan fingerprint density at radius 3 is 3.07 bits per heavy atom. The number of aryl methyl sites for hydroxylation is 1. The first-order valence-electron chi connectivity index (χ1n) is 4.48. The molecule has 1 heterocycles. The van der Waals surface area contributed by atoms with Crippen molar-refractivity contribution < 1.29 is 0 Å². The molecule has 0 unspecified atom stereocenters. The highest BCUT2D eigenvalue weighted by molar-refractivity contribution is 5.03. The van der Waals surface area contributed by atoms with Crippen molar-refractivity contribution in [2.45, 2.75) is 13.5 Å². The molecule has 1 N–H and O–H groups in total. The molecule has 0 radical (unpaired) electrons. The van der Waals surface area contributed by atoms with Crippen molar-refractivity contribution in [1.29, 1.82) is 0 Å². The zero-order valence-corrected chi connectivity index (χ0v) is 8.58. The number of hydrogen-bond acceptors (Lipinski definition) is 3. The van der Waals surface area contributed by atoms with Gasteiger partial charge in [-0.25, -0.2) is 9.78 Å². The van der Waals surface area contributed by atoms with E-state index in [1.54, 1.807) is 17.0 Å². The van der Waals surface area contributed by atoms with Crippen molar-refractivity contribution >= 4 is 0 Å². The van der Waals surface area contributed by atoms with E-state index >= 15 is 0 Å². The first-order chi connectivity index (χ1) is 6.63. The quantitative estimate of drug-likeness (QED) is 0.701. The number of likely N-dealkylation sites (N-methyl/N-ethyl adjacent to an activating group) is 1. The van der Waals surface area contributed by atoms with Crippen molar-refractivity contribution in [3.8, 4) is 0 Å². The summed E-state index contributed by atoms with van der Waals surface area (Å²) < 4.78 is 1.56. The van der Waals surface area contributed by atoms with Gasteiger partial charge in [-0.3, -0.25) is 4.57 Å². The molecule has 76 valence electrons. The largest absolute Gasteiger partial charge is 0.347 e. The lowest BCUT2D eigenvalue weighted by atomic mass is 10.3. The third-order valence-corrected chi connectivity index (χ3v) is 1.80. The fourth-order valence-corrected chi connectivity index (χ4v) is 1.23. The molecular formula is C10H15N3O. The minimum absolute atomic E-state index is 0.229. The number of rotatable bonds is 4. The maximum atomic E-state index is 11.3. The monoisotopic (exact) mass is 193 g/mol. The predicted molar refractivity (Wildman–Crippen MR) is 56.3 cm³/mol. The van der Waals surface area contributed by atoms with E-state index < -0.39 is 0 Å². The normalized spacial score (nSPS) is 10.1.